The van der Waals surface area contributed by atoms with Gasteiger partial charge in [-0.05, 0) is 44.7 Å². The number of aliphatic hydroxyl groups is 1. The lowest BCUT2D eigenvalue weighted by molar-refractivity contribution is -0.146. The van der Waals surface area contributed by atoms with E-state index in [0.717, 1.165) is 11.0 Å². The lowest BCUT2D eigenvalue weighted by Gasteiger charge is -2.33. The van der Waals surface area contributed by atoms with E-state index in [1.165, 1.54) is 0 Å². The number of carbonyl (C=O) groups excluding carboxylic acids is 3. The van der Waals surface area contributed by atoms with Crippen LogP contribution in [0.3, 0.4) is 0 Å². The number of para-hydroxylation sites is 1. The van der Waals surface area contributed by atoms with Gasteiger partial charge in [0, 0.05) is 20.2 Å². The Morgan fingerprint density at radius 3 is 2.79 bits per heavy atom. The Morgan fingerprint density at radius 1 is 1.24 bits per heavy atom. The third-order valence-corrected chi connectivity index (χ3v) is 7.68. The van der Waals surface area contributed by atoms with Crippen molar-refractivity contribution in [3.8, 4) is 0 Å². The summed E-state index contributed by atoms with van der Waals surface area (Å²) in [5.41, 5.74) is -0.350. The first-order valence-electron chi connectivity index (χ1n) is 11.8. The lowest BCUT2D eigenvalue weighted by atomic mass is 9.66. The van der Waals surface area contributed by atoms with Gasteiger partial charge in [0.05, 0.1) is 23.0 Å². The Kier molecular flexibility index (Phi) is 5.56. The van der Waals surface area contributed by atoms with Gasteiger partial charge in [-0.3, -0.25) is 14.4 Å². The minimum absolute atomic E-state index is 0.00226. The van der Waals surface area contributed by atoms with Gasteiger partial charge in [-0.15, -0.1) is 5.10 Å². The van der Waals surface area contributed by atoms with Crippen LogP contribution in [0.5, 0.6) is 0 Å². The van der Waals surface area contributed by atoms with Crippen LogP contribution < -0.4 is 10.6 Å². The molecular weight excluding hydrogens is 440 g/mol. The van der Waals surface area contributed by atoms with E-state index in [1.807, 2.05) is 31.2 Å². The van der Waals surface area contributed by atoms with Crippen molar-refractivity contribution in [3.05, 3.63) is 24.3 Å². The molecule has 3 amide bonds. The molecule has 0 saturated carbocycles. The fourth-order valence-corrected chi connectivity index (χ4v) is 6.20. The highest BCUT2D eigenvalue weighted by atomic mass is 16.5. The predicted molar refractivity (Wildman–Crippen MR) is 120 cm³/mol. The molecular formula is C23H30N6O5. The summed E-state index contributed by atoms with van der Waals surface area (Å²) >= 11 is 0. The molecule has 34 heavy (non-hydrogen) atoms. The van der Waals surface area contributed by atoms with E-state index in [-0.39, 0.29) is 31.0 Å². The molecule has 11 nitrogen and oxygen atoms in total. The number of ether oxygens (including phenoxy) is 1. The van der Waals surface area contributed by atoms with Gasteiger partial charge in [0.1, 0.15) is 23.8 Å². The average molecular weight is 471 g/mol. The maximum Gasteiger partial charge on any atom is 0.247 e. The number of hydrogen-bond donors (Lipinski definition) is 3. The summed E-state index contributed by atoms with van der Waals surface area (Å²) in [6, 6.07) is 6.58. The first kappa shape index (κ1) is 22.7. The first-order chi connectivity index (χ1) is 16.4. The van der Waals surface area contributed by atoms with Crippen molar-refractivity contribution in [3.63, 3.8) is 0 Å². The minimum Gasteiger partial charge on any atom is -0.396 e. The maximum absolute atomic E-state index is 13.7. The van der Waals surface area contributed by atoms with Crippen LogP contribution >= 0.6 is 0 Å². The molecule has 5 rings (SSSR count). The van der Waals surface area contributed by atoms with Crippen LogP contribution in [0.4, 0.5) is 0 Å². The Morgan fingerprint density at radius 2 is 2.03 bits per heavy atom. The first-order valence-corrected chi connectivity index (χ1v) is 11.8. The highest BCUT2D eigenvalue weighted by Crippen LogP contribution is 2.63. The van der Waals surface area contributed by atoms with Gasteiger partial charge in [-0.25, -0.2) is 4.68 Å². The molecule has 1 aromatic heterocycles. The zero-order valence-electron chi connectivity index (χ0n) is 19.4. The van der Waals surface area contributed by atoms with Gasteiger partial charge in [-0.2, -0.15) is 0 Å². The summed E-state index contributed by atoms with van der Waals surface area (Å²) in [7, 11) is 1.55. The summed E-state index contributed by atoms with van der Waals surface area (Å²) in [5.74, 6) is -2.20. The molecule has 1 spiro atoms. The number of nitrogens with zero attached hydrogens (tertiary/aromatic N) is 4. The SMILES string of the molecule is CNC(=O)[C@H]1[C@H]2C(=O)N(CCCCO)C(C(=O)NCn3nnc4ccccc43)C23CC[C@]1(C)O3. The molecule has 3 aliphatic heterocycles. The highest BCUT2D eigenvalue weighted by Gasteiger charge is 2.77. The van der Waals surface area contributed by atoms with Gasteiger partial charge >= 0.3 is 0 Å². The standard InChI is InChI=1S/C23H30N6O5/c1-22-9-10-23(34-22)17(16(22)19(31)24-2)21(33)28(11-5-6-12-30)18(23)20(32)25-13-29-15-8-4-3-7-14(15)26-27-29/h3-4,7-8,16-18,30H,5-6,9-13H2,1-2H3,(H,24,31)(H,25,32)/t16-,17+,18?,22+,23?/m1/s1. The van der Waals surface area contributed by atoms with Crippen molar-refractivity contribution in [2.45, 2.75) is 56.5 Å². The summed E-state index contributed by atoms with van der Waals surface area (Å²) in [6.07, 6.45) is 2.17. The van der Waals surface area contributed by atoms with Crippen LogP contribution in [0, 0.1) is 11.8 Å². The number of amides is 3. The third kappa shape index (κ3) is 3.21. The molecule has 2 bridgehead atoms. The number of fused-ring (bicyclic) bond motifs is 2. The Hall–Kier alpha value is -3.05. The maximum atomic E-state index is 13.7. The van der Waals surface area contributed by atoms with E-state index in [4.69, 9.17) is 4.74 Å². The monoisotopic (exact) mass is 470 g/mol. The molecule has 182 valence electrons. The molecule has 3 aliphatic rings. The van der Waals surface area contributed by atoms with E-state index in [1.54, 1.807) is 16.6 Å². The van der Waals surface area contributed by atoms with Crippen LogP contribution in [0.25, 0.3) is 11.0 Å². The second-order valence-corrected chi connectivity index (χ2v) is 9.58. The number of rotatable bonds is 8. The number of aliphatic hydroxyl groups excluding tert-OH is 1. The molecule has 4 heterocycles. The van der Waals surface area contributed by atoms with Crippen LogP contribution in [-0.4, -0.2) is 80.2 Å². The zero-order chi connectivity index (χ0) is 24.1. The molecule has 0 aliphatic carbocycles. The topological polar surface area (TPSA) is 139 Å². The fraction of sp³-hybridized carbons (Fsp3) is 0.609. The van der Waals surface area contributed by atoms with E-state index < -0.39 is 29.1 Å². The van der Waals surface area contributed by atoms with Crippen molar-refractivity contribution < 1.29 is 24.2 Å². The van der Waals surface area contributed by atoms with Crippen LogP contribution in [0.1, 0.15) is 32.6 Å². The number of aromatic nitrogens is 3. The van der Waals surface area contributed by atoms with Gasteiger partial charge in [0.15, 0.2) is 0 Å². The normalized spacial score (nSPS) is 31.8. The van der Waals surface area contributed by atoms with Crippen LogP contribution in [0.2, 0.25) is 0 Å². The lowest BCUT2D eigenvalue weighted by Crippen LogP contribution is -2.55. The molecule has 3 fully saturated rings. The minimum atomic E-state index is -1.06. The molecule has 5 atom stereocenters. The van der Waals surface area contributed by atoms with Crippen molar-refractivity contribution in [1.82, 2.24) is 30.5 Å². The molecule has 3 saturated heterocycles. The largest absolute Gasteiger partial charge is 0.396 e. The van der Waals surface area contributed by atoms with E-state index in [9.17, 15) is 19.5 Å². The van der Waals surface area contributed by atoms with E-state index >= 15 is 0 Å². The number of likely N-dealkylation sites (tertiary alicyclic amines) is 1. The quantitative estimate of drug-likeness (QED) is 0.454. The van der Waals surface area contributed by atoms with Crippen molar-refractivity contribution in [1.29, 1.82) is 0 Å². The summed E-state index contributed by atoms with van der Waals surface area (Å²) in [4.78, 5) is 41.7. The van der Waals surface area contributed by atoms with Crippen LogP contribution in [0.15, 0.2) is 24.3 Å². The van der Waals surface area contributed by atoms with Crippen molar-refractivity contribution >= 4 is 28.8 Å². The Labute approximate surface area is 196 Å². The third-order valence-electron chi connectivity index (χ3n) is 7.68. The summed E-state index contributed by atoms with van der Waals surface area (Å²) in [6.45, 7) is 2.26. The molecule has 2 aromatic rings. The zero-order valence-corrected chi connectivity index (χ0v) is 19.4. The number of unbranched alkanes of at least 4 members (excludes halogenated alkanes) is 1. The van der Waals surface area contributed by atoms with Gasteiger partial charge in [0.2, 0.25) is 17.7 Å². The molecule has 1 aromatic carbocycles. The highest BCUT2D eigenvalue weighted by molar-refractivity contribution is 5.99. The predicted octanol–water partition coefficient (Wildman–Crippen LogP) is -0.212. The number of carbonyl (C=O) groups is 3. The molecule has 0 radical (unpaired) electrons. The molecule has 3 N–H and O–H groups in total. The fourth-order valence-electron chi connectivity index (χ4n) is 6.20. The van der Waals surface area contributed by atoms with E-state index in [2.05, 4.69) is 20.9 Å². The van der Waals surface area contributed by atoms with Gasteiger partial charge in [0.25, 0.3) is 0 Å². The Bertz CT molecular complexity index is 1140. The molecule has 11 heteroatoms. The number of hydrogen-bond acceptors (Lipinski definition) is 7. The second kappa shape index (κ2) is 8.31. The second-order valence-electron chi connectivity index (χ2n) is 9.58. The number of nitrogens with one attached hydrogen (secondary N) is 2. The Balaban J connectivity index is 1.45. The molecule has 2 unspecified atom stereocenters. The van der Waals surface area contributed by atoms with Gasteiger partial charge < -0.3 is 25.4 Å². The van der Waals surface area contributed by atoms with Gasteiger partial charge in [-0.1, -0.05) is 17.3 Å². The summed E-state index contributed by atoms with van der Waals surface area (Å²) in [5, 5.41) is 23.1. The van der Waals surface area contributed by atoms with E-state index in [0.29, 0.717) is 32.2 Å². The average Bonchev–Trinajstić information content (AvgIpc) is 3.53. The van der Waals surface area contributed by atoms with Crippen molar-refractivity contribution in [2.24, 2.45) is 11.8 Å². The smallest absolute Gasteiger partial charge is 0.247 e. The summed E-state index contributed by atoms with van der Waals surface area (Å²) < 4.78 is 8.08. The van der Waals surface area contributed by atoms with Crippen LogP contribution in [-0.2, 0) is 25.8 Å². The van der Waals surface area contributed by atoms with Crippen molar-refractivity contribution in [2.75, 3.05) is 20.2 Å². The number of benzene rings is 1.